The first-order valence-corrected chi connectivity index (χ1v) is 9.42. The van der Waals surface area contributed by atoms with Gasteiger partial charge in [0.25, 0.3) is 0 Å². The molecule has 0 unspecified atom stereocenters. The number of aromatic nitrogens is 9. The molecule has 0 amide bonds. The van der Waals surface area contributed by atoms with E-state index in [4.69, 9.17) is 0 Å². The van der Waals surface area contributed by atoms with Crippen LogP contribution in [-0.2, 0) is 28.2 Å². The summed E-state index contributed by atoms with van der Waals surface area (Å²) in [6.45, 7) is 9.85. The van der Waals surface area contributed by atoms with Crippen LogP contribution in [0.15, 0.2) is 49.7 Å². The zero-order valence-corrected chi connectivity index (χ0v) is 19.1. The van der Waals surface area contributed by atoms with Crippen LogP contribution < -0.4 is 0 Å². The van der Waals surface area contributed by atoms with E-state index < -0.39 is 0 Å². The molecule has 9 heteroatoms. The van der Waals surface area contributed by atoms with E-state index in [1.807, 2.05) is 98.2 Å². The molecule has 0 aromatic carbocycles. The molecular weight excluding hydrogens is 366 g/mol. The maximum Gasteiger partial charge on any atom is 0.147 e. The molecule has 4 heterocycles. The minimum absolute atomic E-state index is 0.822. The third-order valence-electron chi connectivity index (χ3n) is 3.03. The normalized spacial score (nSPS) is 8.86. The van der Waals surface area contributed by atoms with Crippen LogP contribution in [0.3, 0.4) is 0 Å². The Hall–Kier alpha value is -3.23. The van der Waals surface area contributed by atoms with Gasteiger partial charge in [-0.25, -0.2) is 9.97 Å². The van der Waals surface area contributed by atoms with Gasteiger partial charge in [-0.1, -0.05) is 13.8 Å². The SMILES string of the molecule is CC.Cc1ccn(C)n1.Cc1cnn(C)c1.Cc1ncn(C)n1.Cn1ccnc1. The first-order valence-electron chi connectivity index (χ1n) is 9.42. The predicted octanol–water partition coefficient (Wildman–Crippen LogP) is 3.03. The van der Waals surface area contributed by atoms with E-state index in [1.54, 1.807) is 32.9 Å². The average Bonchev–Trinajstić information content (AvgIpc) is 3.46. The monoisotopic (exact) mass is 401 g/mol. The highest BCUT2D eigenvalue weighted by molar-refractivity contribution is 4.98. The molecule has 4 aromatic heterocycles. The van der Waals surface area contributed by atoms with Gasteiger partial charge in [-0.05, 0) is 32.4 Å². The number of hydrogen-bond acceptors (Lipinski definition) is 5. The molecule has 0 aliphatic carbocycles. The van der Waals surface area contributed by atoms with Gasteiger partial charge in [0.2, 0.25) is 0 Å². The summed E-state index contributed by atoms with van der Waals surface area (Å²) >= 11 is 0. The molecule has 0 bridgehead atoms. The summed E-state index contributed by atoms with van der Waals surface area (Å²) in [5.41, 5.74) is 2.28. The second kappa shape index (κ2) is 14.8. The summed E-state index contributed by atoms with van der Waals surface area (Å²) in [6.07, 6.45) is 12.8. The van der Waals surface area contributed by atoms with Crippen molar-refractivity contribution in [3.63, 3.8) is 0 Å². The highest BCUT2D eigenvalue weighted by Gasteiger charge is 1.84. The minimum Gasteiger partial charge on any atom is -0.341 e. The molecule has 0 saturated carbocycles. The van der Waals surface area contributed by atoms with Crippen molar-refractivity contribution in [2.24, 2.45) is 28.2 Å². The molecule has 9 nitrogen and oxygen atoms in total. The lowest BCUT2D eigenvalue weighted by Crippen LogP contribution is -1.86. The van der Waals surface area contributed by atoms with Gasteiger partial charge in [0.15, 0.2) is 0 Å². The van der Waals surface area contributed by atoms with E-state index >= 15 is 0 Å². The van der Waals surface area contributed by atoms with Crippen molar-refractivity contribution in [1.82, 2.24) is 43.9 Å². The first kappa shape index (κ1) is 25.8. The largest absolute Gasteiger partial charge is 0.341 e. The van der Waals surface area contributed by atoms with Crippen LogP contribution in [0.25, 0.3) is 0 Å². The quantitative estimate of drug-likeness (QED) is 0.452. The van der Waals surface area contributed by atoms with Crippen molar-refractivity contribution in [2.45, 2.75) is 34.6 Å². The number of imidazole rings is 1. The van der Waals surface area contributed by atoms with E-state index in [0.717, 1.165) is 11.5 Å². The average molecular weight is 402 g/mol. The number of rotatable bonds is 0. The molecule has 29 heavy (non-hydrogen) atoms. The van der Waals surface area contributed by atoms with Crippen molar-refractivity contribution in [1.29, 1.82) is 0 Å². The minimum atomic E-state index is 0.822. The van der Waals surface area contributed by atoms with Crippen LogP contribution in [0.5, 0.6) is 0 Å². The molecule has 4 rings (SSSR count). The molecule has 0 atom stereocenters. The predicted molar refractivity (Wildman–Crippen MR) is 116 cm³/mol. The van der Waals surface area contributed by atoms with Crippen LogP contribution in [0.2, 0.25) is 0 Å². The van der Waals surface area contributed by atoms with Crippen molar-refractivity contribution in [2.75, 3.05) is 0 Å². The maximum absolute atomic E-state index is 4.03. The molecule has 160 valence electrons. The summed E-state index contributed by atoms with van der Waals surface area (Å²) in [7, 11) is 7.60. The number of hydrogen-bond donors (Lipinski definition) is 0. The van der Waals surface area contributed by atoms with Crippen LogP contribution >= 0.6 is 0 Å². The Balaban J connectivity index is 0.000000351. The third-order valence-corrected chi connectivity index (χ3v) is 3.03. The second-order valence-electron chi connectivity index (χ2n) is 6.02. The Morgan fingerprint density at radius 3 is 1.62 bits per heavy atom. The van der Waals surface area contributed by atoms with Gasteiger partial charge in [-0.2, -0.15) is 15.3 Å². The fourth-order valence-corrected chi connectivity index (χ4v) is 1.85. The molecule has 0 radical (unpaired) electrons. The van der Waals surface area contributed by atoms with Gasteiger partial charge >= 0.3 is 0 Å². The van der Waals surface area contributed by atoms with Gasteiger partial charge in [0, 0.05) is 53.0 Å². The Bertz CT molecular complexity index is 729. The molecule has 0 N–H and O–H groups in total. The summed E-state index contributed by atoms with van der Waals surface area (Å²) in [4.78, 5) is 7.65. The smallest absolute Gasteiger partial charge is 0.147 e. The van der Waals surface area contributed by atoms with Crippen LogP contribution in [0.4, 0.5) is 0 Å². The van der Waals surface area contributed by atoms with Crippen LogP contribution in [-0.4, -0.2) is 43.9 Å². The summed E-state index contributed by atoms with van der Waals surface area (Å²) in [5, 5.41) is 11.9. The molecule has 0 aliphatic rings. The topological polar surface area (TPSA) is 84.2 Å². The Labute approximate surface area is 174 Å². The lowest BCUT2D eigenvalue weighted by atomic mass is 10.4. The number of aryl methyl sites for hydroxylation is 7. The van der Waals surface area contributed by atoms with Crippen molar-refractivity contribution in [3.05, 3.63) is 66.8 Å². The summed E-state index contributed by atoms with van der Waals surface area (Å²) in [6, 6.07) is 1.97. The standard InChI is InChI=1S/2C5H8N2.C4H7N3.C4H6N2.C2H6/c1-5-3-6-7(2)4-5;1-5-3-4-7(2)6-5;1-4-5-3-7(2)6-4;1-6-3-2-5-4-6;1-2/h2*3-4H,1-2H3;3H,1-2H3;2-4H,1H3;1-2H3. The lowest BCUT2D eigenvalue weighted by Gasteiger charge is -1.79. The van der Waals surface area contributed by atoms with Crippen molar-refractivity contribution < 1.29 is 0 Å². The fraction of sp³-hybridized carbons (Fsp3) is 0.450. The van der Waals surface area contributed by atoms with Crippen molar-refractivity contribution in [3.8, 4) is 0 Å². The van der Waals surface area contributed by atoms with Gasteiger partial charge in [0.1, 0.15) is 12.2 Å². The van der Waals surface area contributed by atoms with E-state index in [1.165, 1.54) is 5.56 Å². The van der Waals surface area contributed by atoms with Crippen molar-refractivity contribution >= 4 is 0 Å². The molecule has 0 aliphatic heterocycles. The van der Waals surface area contributed by atoms with E-state index in [-0.39, 0.29) is 0 Å². The van der Waals surface area contributed by atoms with Gasteiger partial charge in [0.05, 0.1) is 18.2 Å². The van der Waals surface area contributed by atoms with E-state index in [0.29, 0.717) is 0 Å². The van der Waals surface area contributed by atoms with E-state index in [9.17, 15) is 0 Å². The van der Waals surface area contributed by atoms with Gasteiger partial charge < -0.3 is 4.57 Å². The lowest BCUT2D eigenvalue weighted by molar-refractivity contribution is 0.756. The molecule has 0 spiro atoms. The van der Waals surface area contributed by atoms with Crippen LogP contribution in [0, 0.1) is 20.8 Å². The number of nitrogens with zero attached hydrogens (tertiary/aromatic N) is 9. The van der Waals surface area contributed by atoms with Gasteiger partial charge in [-0.3, -0.25) is 14.0 Å². The fourth-order valence-electron chi connectivity index (χ4n) is 1.85. The Morgan fingerprint density at radius 2 is 1.48 bits per heavy atom. The molecule has 0 saturated heterocycles. The third kappa shape index (κ3) is 13.6. The summed E-state index contributed by atoms with van der Waals surface area (Å²) in [5.74, 6) is 0.822. The molecule has 4 aromatic rings. The molecular formula is C20H35N9. The Morgan fingerprint density at radius 1 is 0.793 bits per heavy atom. The molecule has 0 fully saturated rings. The first-order chi connectivity index (χ1) is 13.8. The maximum atomic E-state index is 4.03. The zero-order valence-electron chi connectivity index (χ0n) is 19.1. The zero-order chi connectivity index (χ0) is 22.2. The Kier molecular flexibility index (Phi) is 13.1. The van der Waals surface area contributed by atoms with Gasteiger partial charge in [-0.15, -0.1) is 0 Å². The van der Waals surface area contributed by atoms with E-state index in [2.05, 4.69) is 25.3 Å². The van der Waals surface area contributed by atoms with Crippen LogP contribution in [0.1, 0.15) is 30.9 Å². The summed E-state index contributed by atoms with van der Waals surface area (Å²) < 4.78 is 7.14. The second-order valence-corrected chi connectivity index (χ2v) is 6.02. The highest BCUT2D eigenvalue weighted by Crippen LogP contribution is 1.89. The highest BCUT2D eigenvalue weighted by atomic mass is 15.3.